The smallest absolute Gasteiger partial charge is 0.337 e. The molecular weight excluding hydrogens is 218 g/mol. The molecule has 0 saturated carbocycles. The molecule has 5 heteroatoms. The maximum atomic E-state index is 11.1. The van der Waals surface area contributed by atoms with Crippen LogP contribution in [0.15, 0.2) is 18.2 Å². The van der Waals surface area contributed by atoms with Gasteiger partial charge in [0.1, 0.15) is 5.52 Å². The molecule has 17 heavy (non-hydrogen) atoms. The van der Waals surface area contributed by atoms with Crippen LogP contribution >= 0.6 is 0 Å². The fourth-order valence-electron chi connectivity index (χ4n) is 1.99. The van der Waals surface area contributed by atoms with Crippen LogP contribution < -0.4 is 5.73 Å². The lowest BCUT2D eigenvalue weighted by molar-refractivity contribution is 0.0699. The topological polar surface area (TPSA) is 81.1 Å². The van der Waals surface area contributed by atoms with E-state index in [9.17, 15) is 4.79 Å². The standard InChI is InChI=1S/C12H15N3O2/c1-12(2,3)15-8-6-4-5-7(10(16)17)9(8)14-11(15)13/h4-6H,1-3H3,(H2,13,14)(H,16,17). The van der Waals surface area contributed by atoms with Gasteiger partial charge in [0.05, 0.1) is 11.1 Å². The Morgan fingerprint density at radius 2 is 2.06 bits per heavy atom. The van der Waals surface area contributed by atoms with E-state index in [0.29, 0.717) is 11.5 Å². The maximum Gasteiger partial charge on any atom is 0.337 e. The van der Waals surface area contributed by atoms with Gasteiger partial charge in [0.25, 0.3) is 0 Å². The molecule has 1 heterocycles. The molecule has 0 saturated heterocycles. The van der Waals surface area contributed by atoms with Gasteiger partial charge in [0.15, 0.2) is 0 Å². The van der Waals surface area contributed by atoms with Crippen LogP contribution in [0.25, 0.3) is 11.0 Å². The van der Waals surface area contributed by atoms with Crippen LogP contribution in [-0.2, 0) is 5.54 Å². The highest BCUT2D eigenvalue weighted by molar-refractivity contribution is 6.01. The summed E-state index contributed by atoms with van der Waals surface area (Å²) in [5.41, 5.74) is 6.99. The molecule has 0 amide bonds. The average molecular weight is 233 g/mol. The molecule has 2 rings (SSSR count). The maximum absolute atomic E-state index is 11.1. The first kappa shape index (κ1) is 11.4. The molecule has 0 unspecified atom stereocenters. The number of carboxylic acids is 1. The Hall–Kier alpha value is -2.04. The molecule has 1 aromatic carbocycles. The van der Waals surface area contributed by atoms with Gasteiger partial charge in [-0.3, -0.25) is 0 Å². The number of carbonyl (C=O) groups is 1. The lowest BCUT2D eigenvalue weighted by Crippen LogP contribution is -2.23. The van der Waals surface area contributed by atoms with Crippen molar-refractivity contribution in [2.75, 3.05) is 5.73 Å². The van der Waals surface area contributed by atoms with E-state index >= 15 is 0 Å². The normalized spacial score (nSPS) is 11.9. The van der Waals surface area contributed by atoms with E-state index in [1.54, 1.807) is 6.07 Å². The largest absolute Gasteiger partial charge is 0.478 e. The second-order valence-electron chi connectivity index (χ2n) is 4.95. The van der Waals surface area contributed by atoms with Gasteiger partial charge in [-0.05, 0) is 32.9 Å². The number of rotatable bonds is 1. The number of anilines is 1. The summed E-state index contributed by atoms with van der Waals surface area (Å²) in [4.78, 5) is 15.3. The van der Waals surface area contributed by atoms with E-state index in [-0.39, 0.29) is 11.1 Å². The number of hydrogen-bond acceptors (Lipinski definition) is 3. The number of imidazole rings is 1. The third kappa shape index (κ3) is 1.73. The predicted octanol–water partition coefficient (Wildman–Crippen LogP) is 2.07. The monoisotopic (exact) mass is 233 g/mol. The van der Waals surface area contributed by atoms with E-state index in [2.05, 4.69) is 4.98 Å². The fraction of sp³-hybridized carbons (Fsp3) is 0.333. The molecule has 0 fully saturated rings. The summed E-state index contributed by atoms with van der Waals surface area (Å²) in [6.45, 7) is 5.99. The Kier molecular flexibility index (Phi) is 2.34. The van der Waals surface area contributed by atoms with Crippen molar-refractivity contribution in [1.82, 2.24) is 9.55 Å². The average Bonchev–Trinajstić information content (AvgIpc) is 2.51. The number of nitrogens with two attached hydrogens (primary N) is 1. The molecule has 0 bridgehead atoms. The van der Waals surface area contributed by atoms with Crippen LogP contribution in [0, 0.1) is 0 Å². The van der Waals surface area contributed by atoms with Gasteiger partial charge in [0, 0.05) is 5.54 Å². The fourth-order valence-corrected chi connectivity index (χ4v) is 1.99. The van der Waals surface area contributed by atoms with Gasteiger partial charge < -0.3 is 15.4 Å². The van der Waals surface area contributed by atoms with Crippen molar-refractivity contribution in [2.45, 2.75) is 26.3 Å². The summed E-state index contributed by atoms with van der Waals surface area (Å²) >= 11 is 0. The predicted molar refractivity (Wildman–Crippen MR) is 66.1 cm³/mol. The highest BCUT2D eigenvalue weighted by Gasteiger charge is 2.22. The molecule has 0 radical (unpaired) electrons. The second-order valence-corrected chi connectivity index (χ2v) is 4.95. The number of benzene rings is 1. The van der Waals surface area contributed by atoms with Crippen molar-refractivity contribution in [3.63, 3.8) is 0 Å². The minimum absolute atomic E-state index is 0.178. The van der Waals surface area contributed by atoms with E-state index in [1.807, 2.05) is 31.4 Å². The van der Waals surface area contributed by atoms with Gasteiger partial charge in [-0.2, -0.15) is 0 Å². The number of hydrogen-bond donors (Lipinski definition) is 2. The molecular formula is C12H15N3O2. The number of aromatic carboxylic acids is 1. The van der Waals surface area contributed by atoms with Crippen LogP contribution in [-0.4, -0.2) is 20.6 Å². The third-order valence-corrected chi connectivity index (χ3v) is 2.61. The summed E-state index contributed by atoms with van der Waals surface area (Å²) < 4.78 is 1.84. The van der Waals surface area contributed by atoms with Crippen molar-refractivity contribution in [2.24, 2.45) is 0 Å². The van der Waals surface area contributed by atoms with Crippen LogP contribution in [0.2, 0.25) is 0 Å². The van der Waals surface area contributed by atoms with Gasteiger partial charge in [-0.1, -0.05) is 6.07 Å². The first-order valence-electron chi connectivity index (χ1n) is 5.33. The number of carboxylic acid groups (broad SMARTS) is 1. The highest BCUT2D eigenvalue weighted by atomic mass is 16.4. The minimum Gasteiger partial charge on any atom is -0.478 e. The molecule has 0 aliphatic rings. The van der Waals surface area contributed by atoms with E-state index < -0.39 is 5.97 Å². The Morgan fingerprint density at radius 1 is 1.41 bits per heavy atom. The molecule has 0 atom stereocenters. The molecule has 5 nitrogen and oxygen atoms in total. The molecule has 0 aliphatic heterocycles. The first-order chi connectivity index (χ1) is 7.82. The molecule has 90 valence electrons. The number of nitrogen functional groups attached to an aromatic ring is 1. The number of nitrogens with zero attached hydrogens (tertiary/aromatic N) is 2. The molecule has 0 spiro atoms. The summed E-state index contributed by atoms with van der Waals surface area (Å²) in [7, 11) is 0. The van der Waals surface area contributed by atoms with Crippen molar-refractivity contribution in [3.05, 3.63) is 23.8 Å². The molecule has 3 N–H and O–H groups in total. The molecule has 2 aromatic rings. The van der Waals surface area contributed by atoms with Crippen LogP contribution in [0.4, 0.5) is 5.95 Å². The van der Waals surface area contributed by atoms with E-state index in [0.717, 1.165) is 5.52 Å². The Labute approximate surface area is 98.9 Å². The zero-order chi connectivity index (χ0) is 12.8. The van der Waals surface area contributed by atoms with Gasteiger partial charge in [0.2, 0.25) is 5.95 Å². The summed E-state index contributed by atoms with van der Waals surface area (Å²) in [6.07, 6.45) is 0. The minimum atomic E-state index is -0.992. The first-order valence-corrected chi connectivity index (χ1v) is 5.33. The Balaban J connectivity index is 2.86. The number of para-hydroxylation sites is 1. The zero-order valence-electron chi connectivity index (χ0n) is 10.1. The highest BCUT2D eigenvalue weighted by Crippen LogP contribution is 2.28. The van der Waals surface area contributed by atoms with Gasteiger partial charge in [-0.15, -0.1) is 0 Å². The zero-order valence-corrected chi connectivity index (χ0v) is 10.1. The lowest BCUT2D eigenvalue weighted by atomic mass is 10.1. The van der Waals surface area contributed by atoms with E-state index in [4.69, 9.17) is 10.8 Å². The van der Waals surface area contributed by atoms with Crippen LogP contribution in [0.1, 0.15) is 31.1 Å². The van der Waals surface area contributed by atoms with Crippen LogP contribution in [0.3, 0.4) is 0 Å². The second kappa shape index (κ2) is 3.48. The quantitative estimate of drug-likeness (QED) is 0.790. The number of fused-ring (bicyclic) bond motifs is 1. The SMILES string of the molecule is CC(C)(C)n1c(N)nc2c(C(=O)O)cccc21. The van der Waals surface area contributed by atoms with Crippen molar-refractivity contribution in [3.8, 4) is 0 Å². The summed E-state index contributed by atoms with van der Waals surface area (Å²) in [5, 5.41) is 9.10. The molecule has 1 aromatic heterocycles. The van der Waals surface area contributed by atoms with Crippen molar-refractivity contribution < 1.29 is 9.90 Å². The lowest BCUT2D eigenvalue weighted by Gasteiger charge is -2.23. The van der Waals surface area contributed by atoms with Crippen molar-refractivity contribution >= 4 is 23.0 Å². The Bertz CT molecular complexity index is 594. The Morgan fingerprint density at radius 3 is 2.59 bits per heavy atom. The van der Waals surface area contributed by atoms with Gasteiger partial charge >= 0.3 is 5.97 Å². The van der Waals surface area contributed by atoms with Gasteiger partial charge in [-0.25, -0.2) is 9.78 Å². The number of aromatic nitrogens is 2. The summed E-state index contributed by atoms with van der Waals surface area (Å²) in [5.74, 6) is -0.657. The molecule has 0 aliphatic carbocycles. The van der Waals surface area contributed by atoms with E-state index in [1.165, 1.54) is 6.07 Å². The third-order valence-electron chi connectivity index (χ3n) is 2.61. The summed E-state index contributed by atoms with van der Waals surface area (Å²) in [6, 6.07) is 5.07. The van der Waals surface area contributed by atoms with Crippen molar-refractivity contribution in [1.29, 1.82) is 0 Å². The van der Waals surface area contributed by atoms with Crippen LogP contribution in [0.5, 0.6) is 0 Å².